The van der Waals surface area contributed by atoms with Crippen LogP contribution in [0.5, 0.6) is 23.0 Å². The largest absolute Gasteiger partial charge is 0.493 e. The summed E-state index contributed by atoms with van der Waals surface area (Å²) in [5.74, 6) is 1.87. The van der Waals surface area contributed by atoms with Gasteiger partial charge in [-0.05, 0) is 117 Å². The molecule has 42 heavy (non-hydrogen) atoms. The van der Waals surface area contributed by atoms with Crippen molar-refractivity contribution >= 4 is 0 Å². The van der Waals surface area contributed by atoms with Crippen molar-refractivity contribution in [1.82, 2.24) is 0 Å². The molecule has 0 aromatic heterocycles. The highest BCUT2D eigenvalue weighted by Crippen LogP contribution is 2.40. The van der Waals surface area contributed by atoms with Gasteiger partial charge in [0.15, 0.2) is 0 Å². The van der Waals surface area contributed by atoms with Crippen molar-refractivity contribution in [2.75, 3.05) is 52.6 Å². The number of alkyl halides is 3. The van der Waals surface area contributed by atoms with Gasteiger partial charge in [0.2, 0.25) is 0 Å². The minimum absolute atomic E-state index is 0.341. The number of halogens is 3. The van der Waals surface area contributed by atoms with Crippen LogP contribution in [0, 0.1) is 0 Å². The summed E-state index contributed by atoms with van der Waals surface area (Å²) in [7, 11) is 0. The normalized spacial score (nSPS) is 11.4. The van der Waals surface area contributed by atoms with Crippen LogP contribution in [0.3, 0.4) is 0 Å². The van der Waals surface area contributed by atoms with Crippen molar-refractivity contribution in [3.8, 4) is 45.3 Å². The number of ether oxygens (including phenoxy) is 4. The van der Waals surface area contributed by atoms with Crippen LogP contribution < -0.4 is 41.9 Å². The van der Waals surface area contributed by atoms with Crippen molar-refractivity contribution < 1.29 is 32.1 Å². The van der Waals surface area contributed by atoms with Gasteiger partial charge >= 0.3 is 6.18 Å². The zero-order valence-corrected chi connectivity index (χ0v) is 23.8. The van der Waals surface area contributed by atoms with E-state index < -0.39 is 11.7 Å². The van der Waals surface area contributed by atoms with E-state index in [2.05, 4.69) is 0 Å². The second-order valence-electron chi connectivity index (χ2n) is 9.65. The van der Waals surface area contributed by atoms with Crippen LogP contribution in [0.4, 0.5) is 13.2 Å². The Labute approximate surface area is 245 Å². The van der Waals surface area contributed by atoms with Crippen molar-refractivity contribution in [3.05, 3.63) is 60.2 Å². The molecule has 0 aliphatic carbocycles. The lowest BCUT2D eigenvalue weighted by atomic mass is 9.95. The van der Waals surface area contributed by atoms with E-state index in [0.717, 1.165) is 12.1 Å². The van der Waals surface area contributed by atoms with Crippen LogP contribution in [0.25, 0.3) is 22.3 Å². The molecule has 0 atom stereocenters. The second kappa shape index (κ2) is 16.8. The number of nitrogens with two attached hydrogens (primary N) is 4. The Balaban J connectivity index is 2.11. The number of hydrogen-bond acceptors (Lipinski definition) is 8. The van der Waals surface area contributed by atoms with E-state index in [4.69, 9.17) is 41.9 Å². The van der Waals surface area contributed by atoms with Crippen LogP contribution in [0.15, 0.2) is 54.6 Å². The maximum absolute atomic E-state index is 14.2. The Morgan fingerprint density at radius 3 is 0.976 bits per heavy atom. The second-order valence-corrected chi connectivity index (χ2v) is 9.65. The lowest BCUT2D eigenvalue weighted by molar-refractivity contribution is -0.137. The van der Waals surface area contributed by atoms with Crippen molar-refractivity contribution in [2.24, 2.45) is 22.9 Å². The lowest BCUT2D eigenvalue weighted by Crippen LogP contribution is -2.08. The van der Waals surface area contributed by atoms with Gasteiger partial charge < -0.3 is 41.9 Å². The third kappa shape index (κ3) is 10.4. The Bertz CT molecular complexity index is 1120. The van der Waals surface area contributed by atoms with Gasteiger partial charge in [-0.15, -0.1) is 0 Å². The fraction of sp³-hybridized carbons (Fsp3) is 0.419. The highest BCUT2D eigenvalue weighted by atomic mass is 19.4. The average Bonchev–Trinajstić information content (AvgIpc) is 2.97. The minimum Gasteiger partial charge on any atom is -0.493 e. The first-order chi connectivity index (χ1) is 20.3. The summed E-state index contributed by atoms with van der Waals surface area (Å²) in [5, 5.41) is 0. The van der Waals surface area contributed by atoms with Gasteiger partial charge in [0, 0.05) is 12.1 Å². The standard InChI is InChI=1S/C31H41F3N4O4/c32-31(33,34)26-14-22(24-16-27(39-9-1-5-35)20-28(17-24)40-10-2-6-36)13-23(15-26)25-18-29(41-11-3-7-37)21-30(19-25)42-12-4-8-38/h13-21H,1-12,35-38H2. The molecule has 0 amide bonds. The molecule has 3 rings (SSSR count). The summed E-state index contributed by atoms with van der Waals surface area (Å²) in [6.07, 6.45) is -2.08. The van der Waals surface area contributed by atoms with Crippen molar-refractivity contribution in [1.29, 1.82) is 0 Å². The van der Waals surface area contributed by atoms with Crippen molar-refractivity contribution in [2.45, 2.75) is 31.9 Å². The molecule has 3 aromatic rings. The van der Waals surface area contributed by atoms with E-state index >= 15 is 0 Å². The van der Waals surface area contributed by atoms with Gasteiger partial charge in [0.05, 0.1) is 32.0 Å². The van der Waals surface area contributed by atoms with E-state index in [-0.39, 0.29) is 0 Å². The fourth-order valence-electron chi connectivity index (χ4n) is 4.03. The molecule has 0 aliphatic rings. The van der Waals surface area contributed by atoms with E-state index in [0.29, 0.717) is 124 Å². The first-order valence-electron chi connectivity index (χ1n) is 14.1. The molecule has 0 radical (unpaired) electrons. The number of hydrogen-bond donors (Lipinski definition) is 4. The molecule has 3 aromatic carbocycles. The molecule has 11 heteroatoms. The van der Waals surface area contributed by atoms with Crippen LogP contribution in [0.2, 0.25) is 0 Å². The SMILES string of the molecule is NCCCOc1cc(OCCCN)cc(-c2cc(-c3cc(OCCCN)cc(OCCCN)c3)cc(C(F)(F)F)c2)c1. The first-order valence-corrected chi connectivity index (χ1v) is 14.1. The molecule has 8 N–H and O–H groups in total. The molecular formula is C31H41F3N4O4. The van der Waals surface area contributed by atoms with Gasteiger partial charge in [-0.25, -0.2) is 0 Å². The summed E-state index contributed by atoms with van der Waals surface area (Å²) in [5.41, 5.74) is 23.3. The monoisotopic (exact) mass is 590 g/mol. The predicted octanol–water partition coefficient (Wildman–Crippen LogP) is 4.95. The molecule has 8 nitrogen and oxygen atoms in total. The third-order valence-corrected chi connectivity index (χ3v) is 6.16. The zero-order chi connectivity index (χ0) is 30.4. The Hall–Kier alpha value is -3.51. The van der Waals surface area contributed by atoms with Gasteiger partial charge in [-0.1, -0.05) is 0 Å². The summed E-state index contributed by atoms with van der Waals surface area (Å²) in [6, 6.07) is 14.1. The molecule has 0 fully saturated rings. The molecule has 0 saturated heterocycles. The Morgan fingerprint density at radius 1 is 0.429 bits per heavy atom. The Kier molecular flexibility index (Phi) is 13.2. The van der Waals surface area contributed by atoms with E-state index in [1.54, 1.807) is 42.5 Å². The smallest absolute Gasteiger partial charge is 0.416 e. The average molecular weight is 591 g/mol. The Morgan fingerprint density at radius 2 is 0.714 bits per heavy atom. The van der Waals surface area contributed by atoms with Gasteiger partial charge in [-0.3, -0.25) is 0 Å². The molecular weight excluding hydrogens is 549 g/mol. The van der Waals surface area contributed by atoms with E-state index in [1.807, 2.05) is 0 Å². The van der Waals surface area contributed by atoms with Gasteiger partial charge in [0.1, 0.15) is 23.0 Å². The molecule has 230 valence electrons. The molecule has 0 unspecified atom stereocenters. The number of benzene rings is 3. The molecule has 0 aliphatic heterocycles. The first kappa shape index (κ1) is 33.0. The predicted molar refractivity (Wildman–Crippen MR) is 159 cm³/mol. The maximum atomic E-state index is 14.2. The molecule has 0 spiro atoms. The van der Waals surface area contributed by atoms with E-state index in [9.17, 15) is 13.2 Å². The third-order valence-electron chi connectivity index (χ3n) is 6.16. The maximum Gasteiger partial charge on any atom is 0.416 e. The quantitative estimate of drug-likeness (QED) is 0.153. The van der Waals surface area contributed by atoms with E-state index in [1.165, 1.54) is 0 Å². The zero-order valence-electron chi connectivity index (χ0n) is 23.8. The summed E-state index contributed by atoms with van der Waals surface area (Å²) >= 11 is 0. The van der Waals surface area contributed by atoms with Crippen molar-refractivity contribution in [3.63, 3.8) is 0 Å². The van der Waals surface area contributed by atoms with Gasteiger partial charge in [0.25, 0.3) is 0 Å². The molecule has 0 heterocycles. The molecule has 0 bridgehead atoms. The summed E-state index contributed by atoms with van der Waals surface area (Å²) in [6.45, 7) is 3.24. The lowest BCUT2D eigenvalue weighted by Gasteiger charge is -2.17. The van der Waals surface area contributed by atoms with Crippen LogP contribution in [-0.4, -0.2) is 52.6 Å². The number of rotatable bonds is 18. The van der Waals surface area contributed by atoms with Crippen LogP contribution in [-0.2, 0) is 6.18 Å². The van der Waals surface area contributed by atoms with Crippen LogP contribution >= 0.6 is 0 Å². The highest BCUT2D eigenvalue weighted by Gasteiger charge is 2.31. The summed E-state index contributed by atoms with van der Waals surface area (Å²) in [4.78, 5) is 0. The summed E-state index contributed by atoms with van der Waals surface area (Å²) < 4.78 is 65.9. The fourth-order valence-corrected chi connectivity index (χ4v) is 4.03. The van der Waals surface area contributed by atoms with Gasteiger partial charge in [-0.2, -0.15) is 13.2 Å². The van der Waals surface area contributed by atoms with Crippen LogP contribution in [0.1, 0.15) is 31.2 Å². The highest BCUT2D eigenvalue weighted by molar-refractivity contribution is 5.77. The minimum atomic E-state index is -4.59. The topological polar surface area (TPSA) is 141 Å². The molecule has 0 saturated carbocycles.